The highest BCUT2D eigenvalue weighted by molar-refractivity contribution is 6.06. The summed E-state index contributed by atoms with van der Waals surface area (Å²) in [5, 5.41) is 12.6. The van der Waals surface area contributed by atoms with Crippen molar-refractivity contribution >= 4 is 22.7 Å². The van der Waals surface area contributed by atoms with Crippen LogP contribution in [-0.4, -0.2) is 23.2 Å². The Morgan fingerprint density at radius 1 is 1.50 bits per heavy atom. The Labute approximate surface area is 89.8 Å². The average molecular weight is 220 g/mol. The second-order valence-corrected chi connectivity index (χ2v) is 3.13. The van der Waals surface area contributed by atoms with E-state index in [-0.39, 0.29) is 17.1 Å². The smallest absolute Gasteiger partial charge is 0.339 e. The molecule has 16 heavy (non-hydrogen) atoms. The first-order valence-corrected chi connectivity index (χ1v) is 4.44. The largest absolute Gasteiger partial charge is 0.504 e. The maximum atomic E-state index is 11.4. The van der Waals surface area contributed by atoms with Gasteiger partial charge in [0.1, 0.15) is 0 Å². The molecule has 6 nitrogen and oxygen atoms in total. The number of nitrogens with zero attached hydrogens (tertiary/aromatic N) is 1. The number of nitroso groups, excluding NO2 is 1. The van der Waals surface area contributed by atoms with E-state index in [9.17, 15) is 14.8 Å². The molecule has 1 aromatic heterocycles. The Kier molecular flexibility index (Phi) is 2.32. The van der Waals surface area contributed by atoms with E-state index in [2.05, 4.69) is 14.9 Å². The Morgan fingerprint density at radius 2 is 2.25 bits per heavy atom. The topological polar surface area (TPSA) is 91.8 Å². The summed E-state index contributed by atoms with van der Waals surface area (Å²) < 4.78 is 4.58. The van der Waals surface area contributed by atoms with Gasteiger partial charge < -0.3 is 14.8 Å². The number of aromatic hydroxyl groups is 1. The van der Waals surface area contributed by atoms with Crippen LogP contribution < -0.4 is 0 Å². The van der Waals surface area contributed by atoms with Gasteiger partial charge >= 0.3 is 5.97 Å². The molecule has 0 bridgehead atoms. The van der Waals surface area contributed by atoms with Crippen molar-refractivity contribution in [1.29, 1.82) is 0 Å². The molecule has 0 spiro atoms. The molecule has 0 atom stereocenters. The van der Waals surface area contributed by atoms with E-state index in [0.29, 0.717) is 10.9 Å². The summed E-state index contributed by atoms with van der Waals surface area (Å²) in [6.45, 7) is 0. The lowest BCUT2D eigenvalue weighted by atomic mass is 10.1. The number of aromatic nitrogens is 1. The summed E-state index contributed by atoms with van der Waals surface area (Å²) in [6.07, 6.45) is 0. The van der Waals surface area contributed by atoms with Crippen LogP contribution in [0.4, 0.5) is 5.82 Å². The maximum absolute atomic E-state index is 11.4. The van der Waals surface area contributed by atoms with E-state index in [1.165, 1.54) is 13.2 Å². The minimum Gasteiger partial charge on any atom is -0.504 e. The molecule has 0 fully saturated rings. The van der Waals surface area contributed by atoms with Gasteiger partial charge in [0.15, 0.2) is 5.75 Å². The van der Waals surface area contributed by atoms with Crippen molar-refractivity contribution in [1.82, 2.24) is 4.98 Å². The first-order valence-electron chi connectivity index (χ1n) is 4.44. The molecule has 0 aliphatic rings. The summed E-state index contributed by atoms with van der Waals surface area (Å²) in [6, 6.07) is 4.68. The Balaban J connectivity index is 2.78. The van der Waals surface area contributed by atoms with Gasteiger partial charge in [-0.1, -0.05) is 6.07 Å². The predicted octanol–water partition coefficient (Wildman–Crippen LogP) is 2.06. The number of para-hydroxylation sites is 1. The van der Waals surface area contributed by atoms with Crippen molar-refractivity contribution in [2.24, 2.45) is 5.18 Å². The molecule has 2 N–H and O–H groups in total. The quantitative estimate of drug-likeness (QED) is 0.598. The number of aromatic amines is 1. The second-order valence-electron chi connectivity index (χ2n) is 3.13. The zero-order valence-electron chi connectivity index (χ0n) is 8.35. The number of esters is 1. The van der Waals surface area contributed by atoms with Gasteiger partial charge in [-0.05, 0) is 17.3 Å². The minimum atomic E-state index is -0.552. The first-order chi connectivity index (χ1) is 7.69. The third-order valence-corrected chi connectivity index (χ3v) is 2.28. The van der Waals surface area contributed by atoms with Crippen molar-refractivity contribution in [2.75, 3.05) is 7.11 Å². The number of rotatable bonds is 2. The number of hydrogen-bond acceptors (Lipinski definition) is 5. The number of methoxy groups -OCH3 is 1. The van der Waals surface area contributed by atoms with Crippen molar-refractivity contribution in [3.8, 4) is 5.75 Å². The van der Waals surface area contributed by atoms with E-state index in [4.69, 9.17) is 0 Å². The number of fused-ring (bicyclic) bond motifs is 1. The molecule has 1 heterocycles. The Morgan fingerprint density at radius 3 is 2.88 bits per heavy atom. The highest BCUT2D eigenvalue weighted by atomic mass is 16.5. The molecule has 6 heteroatoms. The third kappa shape index (κ3) is 1.31. The van der Waals surface area contributed by atoms with Crippen LogP contribution in [0.15, 0.2) is 23.4 Å². The molecule has 0 aliphatic heterocycles. The number of hydrogen-bond donors (Lipinski definition) is 2. The van der Waals surface area contributed by atoms with Gasteiger partial charge in [0, 0.05) is 5.39 Å². The van der Waals surface area contributed by atoms with Gasteiger partial charge in [-0.3, -0.25) is 0 Å². The standard InChI is InChI=1S/C10H8N2O4/c1-16-10(14)6-4-2-3-5-7(6)11-9(12-15)8(5)13/h2-4,11,13H,1H3. The fraction of sp³-hybridized carbons (Fsp3) is 0.100. The van der Waals surface area contributed by atoms with E-state index in [1.54, 1.807) is 12.1 Å². The monoisotopic (exact) mass is 220 g/mol. The fourth-order valence-electron chi connectivity index (χ4n) is 1.54. The van der Waals surface area contributed by atoms with Crippen LogP contribution in [0.5, 0.6) is 5.75 Å². The molecule has 0 aliphatic carbocycles. The summed E-state index contributed by atoms with van der Waals surface area (Å²) in [5.74, 6) is -1.02. The maximum Gasteiger partial charge on any atom is 0.339 e. The van der Waals surface area contributed by atoms with E-state index in [1.807, 2.05) is 0 Å². The lowest BCUT2D eigenvalue weighted by Gasteiger charge is -1.99. The normalized spacial score (nSPS) is 10.3. The zero-order valence-corrected chi connectivity index (χ0v) is 8.35. The first kappa shape index (κ1) is 10.2. The van der Waals surface area contributed by atoms with Crippen LogP contribution in [0.2, 0.25) is 0 Å². The highest BCUT2D eigenvalue weighted by Gasteiger charge is 2.17. The van der Waals surface area contributed by atoms with Gasteiger partial charge in [-0.25, -0.2) is 4.79 Å². The zero-order chi connectivity index (χ0) is 11.7. The third-order valence-electron chi connectivity index (χ3n) is 2.28. The fourth-order valence-corrected chi connectivity index (χ4v) is 1.54. The summed E-state index contributed by atoms with van der Waals surface area (Å²) >= 11 is 0. The van der Waals surface area contributed by atoms with Crippen LogP contribution in [0.25, 0.3) is 10.9 Å². The molecule has 2 rings (SSSR count). The molecular formula is C10H8N2O4. The number of nitrogens with one attached hydrogen (secondary N) is 1. The lowest BCUT2D eigenvalue weighted by Crippen LogP contribution is -2.01. The molecular weight excluding hydrogens is 212 g/mol. The van der Waals surface area contributed by atoms with Gasteiger partial charge in [0.25, 0.3) is 0 Å². The highest BCUT2D eigenvalue weighted by Crippen LogP contribution is 2.36. The molecule has 1 aromatic carbocycles. The summed E-state index contributed by atoms with van der Waals surface area (Å²) in [7, 11) is 1.25. The predicted molar refractivity (Wildman–Crippen MR) is 56.8 cm³/mol. The van der Waals surface area contributed by atoms with Crippen molar-refractivity contribution < 1.29 is 14.6 Å². The number of benzene rings is 1. The van der Waals surface area contributed by atoms with E-state index >= 15 is 0 Å². The van der Waals surface area contributed by atoms with Crippen molar-refractivity contribution in [3.05, 3.63) is 28.7 Å². The van der Waals surface area contributed by atoms with Crippen LogP contribution in [0.1, 0.15) is 10.4 Å². The Bertz CT molecular complexity index is 573. The Hall–Kier alpha value is -2.37. The van der Waals surface area contributed by atoms with Crippen LogP contribution in [-0.2, 0) is 4.74 Å². The minimum absolute atomic E-state index is 0.202. The van der Waals surface area contributed by atoms with Crippen LogP contribution in [0, 0.1) is 4.91 Å². The molecule has 0 unspecified atom stereocenters. The lowest BCUT2D eigenvalue weighted by molar-refractivity contribution is 0.0603. The van der Waals surface area contributed by atoms with Gasteiger partial charge in [-0.15, -0.1) is 4.91 Å². The second kappa shape index (κ2) is 3.65. The van der Waals surface area contributed by atoms with Gasteiger partial charge in [-0.2, -0.15) is 0 Å². The van der Waals surface area contributed by atoms with Crippen LogP contribution in [0.3, 0.4) is 0 Å². The molecule has 0 saturated carbocycles. The van der Waals surface area contributed by atoms with Crippen molar-refractivity contribution in [2.45, 2.75) is 0 Å². The van der Waals surface area contributed by atoms with Crippen molar-refractivity contribution in [3.63, 3.8) is 0 Å². The number of carbonyl (C=O) groups excluding carboxylic acids is 1. The summed E-state index contributed by atoms with van der Waals surface area (Å²) in [4.78, 5) is 24.4. The van der Waals surface area contributed by atoms with Gasteiger partial charge in [0.2, 0.25) is 5.82 Å². The number of H-pyrrole nitrogens is 1. The molecule has 0 saturated heterocycles. The average Bonchev–Trinajstić information content (AvgIpc) is 2.65. The summed E-state index contributed by atoms with van der Waals surface area (Å²) in [5.41, 5.74) is 0.576. The number of carbonyl (C=O) groups is 1. The molecule has 82 valence electrons. The van der Waals surface area contributed by atoms with Crippen LogP contribution >= 0.6 is 0 Å². The number of ether oxygens (including phenoxy) is 1. The SMILES string of the molecule is COC(=O)c1cccc2c(O)c(N=O)[nH]c12. The van der Waals surface area contributed by atoms with E-state index < -0.39 is 5.97 Å². The molecule has 0 amide bonds. The molecule has 0 radical (unpaired) electrons. The van der Waals surface area contributed by atoms with E-state index in [0.717, 1.165) is 0 Å². The van der Waals surface area contributed by atoms with Gasteiger partial charge in [0.05, 0.1) is 18.2 Å². The molecule has 2 aromatic rings.